The van der Waals surface area contributed by atoms with Crippen LogP contribution in [-0.4, -0.2) is 83.6 Å². The quantitative estimate of drug-likeness (QED) is 0.0796. The molecule has 5 rings (SSSR count). The lowest BCUT2D eigenvalue weighted by Gasteiger charge is -2.49. The molecule has 214 valence electrons. The molecule has 5 heterocycles. The van der Waals surface area contributed by atoms with E-state index in [9.17, 15) is 24.3 Å². The predicted molar refractivity (Wildman–Crippen MR) is 147 cm³/mol. The van der Waals surface area contributed by atoms with E-state index in [1.807, 2.05) is 17.8 Å². The van der Waals surface area contributed by atoms with E-state index in [0.29, 0.717) is 21.9 Å². The molecule has 1 saturated heterocycles. The van der Waals surface area contributed by atoms with E-state index >= 15 is 0 Å². The van der Waals surface area contributed by atoms with Crippen LogP contribution in [0.5, 0.6) is 0 Å². The topological polar surface area (TPSA) is 214 Å². The number of aromatic nitrogens is 3. The second-order valence-corrected chi connectivity index (χ2v) is 11.8. The Morgan fingerprint density at radius 2 is 2.17 bits per heavy atom. The molecule has 2 amide bonds. The molecule has 3 aromatic rings. The van der Waals surface area contributed by atoms with Crippen molar-refractivity contribution in [2.45, 2.75) is 29.7 Å². The van der Waals surface area contributed by atoms with Crippen molar-refractivity contribution in [2.24, 2.45) is 12.2 Å². The number of nitrogens with one attached hydrogen (secondary N) is 1. The molecule has 2 aliphatic rings. The number of nitrogens with zero attached hydrogens (tertiary/aromatic N) is 5. The molecule has 15 nitrogen and oxygen atoms in total. The first kappa shape index (κ1) is 28.4. The van der Waals surface area contributed by atoms with Gasteiger partial charge < -0.3 is 30.5 Å². The lowest BCUT2D eigenvalue weighted by atomic mass is 10.0. The zero-order valence-electron chi connectivity index (χ0n) is 21.3. The number of anilines is 1. The van der Waals surface area contributed by atoms with Crippen LogP contribution >= 0.6 is 34.9 Å². The van der Waals surface area contributed by atoms with Gasteiger partial charge in [0, 0.05) is 23.0 Å². The third kappa shape index (κ3) is 5.70. The largest absolute Gasteiger partial charge is 0.478 e. The summed E-state index contributed by atoms with van der Waals surface area (Å²) in [5.41, 5.74) is 6.92. The molecule has 5 N–H and O–H groups in total. The number of hydrogen-bond acceptors (Lipinski definition) is 13. The second kappa shape index (κ2) is 11.4. The van der Waals surface area contributed by atoms with Gasteiger partial charge in [-0.05, 0) is 12.5 Å². The Labute approximate surface area is 243 Å². The average Bonchev–Trinajstić information content (AvgIpc) is 3.54. The molecular formula is C23H22N7O8S3+. The Balaban J connectivity index is 1.31. The van der Waals surface area contributed by atoms with Gasteiger partial charge in [-0.25, -0.2) is 19.1 Å². The zero-order chi connectivity index (χ0) is 29.4. The summed E-state index contributed by atoms with van der Waals surface area (Å²) in [6, 6.07) is 0.716. The summed E-state index contributed by atoms with van der Waals surface area (Å²) < 4.78 is 7.56. The van der Waals surface area contributed by atoms with Crippen LogP contribution in [0.3, 0.4) is 0 Å². The monoisotopic (exact) mass is 620 g/mol. The van der Waals surface area contributed by atoms with Gasteiger partial charge >= 0.3 is 11.9 Å². The Morgan fingerprint density at radius 3 is 2.85 bits per heavy atom. The van der Waals surface area contributed by atoms with Gasteiger partial charge in [0.15, 0.2) is 34.3 Å². The van der Waals surface area contributed by atoms with Crippen molar-refractivity contribution >= 4 is 80.6 Å². The number of oxime groups is 1. The van der Waals surface area contributed by atoms with Gasteiger partial charge in [-0.1, -0.05) is 16.9 Å². The summed E-state index contributed by atoms with van der Waals surface area (Å²) >= 11 is 3.53. The number of nitrogens with two attached hydrogens (primary N) is 1. The van der Waals surface area contributed by atoms with Crippen molar-refractivity contribution in [3.05, 3.63) is 40.8 Å². The molecule has 1 fully saturated rings. The fourth-order valence-electron chi connectivity index (χ4n) is 3.95. The summed E-state index contributed by atoms with van der Waals surface area (Å²) in [5, 5.41) is 26.5. The molecule has 0 radical (unpaired) electrons. The number of carbonyl (C=O) groups is 4. The number of carbonyl (C=O) groups excluding carboxylic acids is 2. The maximum absolute atomic E-state index is 13.1. The van der Waals surface area contributed by atoms with Crippen molar-refractivity contribution in [3.63, 3.8) is 0 Å². The van der Waals surface area contributed by atoms with Gasteiger partial charge in [-0.2, -0.15) is 4.98 Å². The Hall–Kier alpha value is -4.16. The molecule has 1 unspecified atom stereocenters. The number of aliphatic carboxylic acids is 2. The van der Waals surface area contributed by atoms with Crippen LogP contribution in [0, 0.1) is 0 Å². The van der Waals surface area contributed by atoms with Gasteiger partial charge in [0.05, 0.1) is 0 Å². The molecule has 3 atom stereocenters. The van der Waals surface area contributed by atoms with Crippen LogP contribution in [0.1, 0.15) is 12.6 Å². The molecule has 0 aliphatic carbocycles. The maximum Gasteiger partial charge on any atom is 0.352 e. The molecule has 0 saturated carbocycles. The molecule has 41 heavy (non-hydrogen) atoms. The first-order valence-electron chi connectivity index (χ1n) is 11.8. The van der Waals surface area contributed by atoms with Gasteiger partial charge in [0.25, 0.3) is 17.0 Å². The number of pyridine rings is 1. The van der Waals surface area contributed by atoms with Crippen LogP contribution in [-0.2, 0) is 31.1 Å². The standard InChI is InChI=1S/C23H21N7O8S3/c1-9(20(33)34)38-28-14(12-8-40-22(24)25-12)17(31)27-15-18(32)30-16(21(35)36)10(6-39-19(15)30)7-41-23-26-11-5-29(2)4-3-13(11)37-23/h3-5,8-9,15,19H,6-7H2,1-2H3,(H4-,24,25,27,31,33,34,35,36)/p+1/b28-14-/t9-,15?,19-/m0/s1. The highest BCUT2D eigenvalue weighted by Gasteiger charge is 2.54. The fraction of sp³-hybridized carbons (Fsp3) is 0.304. The summed E-state index contributed by atoms with van der Waals surface area (Å²) in [6.07, 6.45) is 2.26. The highest BCUT2D eigenvalue weighted by Crippen LogP contribution is 2.41. The average molecular weight is 621 g/mol. The van der Waals surface area contributed by atoms with Gasteiger partial charge in [-0.15, -0.1) is 23.1 Å². The van der Waals surface area contributed by atoms with E-state index in [1.54, 1.807) is 12.3 Å². The number of carboxylic acid groups (broad SMARTS) is 2. The summed E-state index contributed by atoms with van der Waals surface area (Å²) in [6.45, 7) is 1.22. The SMILES string of the molecule is C[C@H](O/N=C(\C(=O)NC1C(=O)N2C(C(=O)O)=C(CSc3nc4c[n+](C)ccc4o3)CS[C@@H]12)c1csc(N)n1)C(=O)O. The number of nitrogen functional groups attached to an aromatic ring is 1. The lowest BCUT2D eigenvalue weighted by molar-refractivity contribution is -0.670. The Kier molecular flexibility index (Phi) is 7.87. The van der Waals surface area contributed by atoms with E-state index in [4.69, 9.17) is 20.1 Å². The number of amides is 2. The summed E-state index contributed by atoms with van der Waals surface area (Å²) in [7, 11) is 1.86. The summed E-state index contributed by atoms with van der Waals surface area (Å²) in [5.74, 6) is -3.55. The fourth-order valence-corrected chi connectivity index (χ4v) is 6.82. The van der Waals surface area contributed by atoms with E-state index in [0.717, 1.165) is 16.2 Å². The number of hydrogen-bond donors (Lipinski definition) is 4. The van der Waals surface area contributed by atoms with Crippen molar-refractivity contribution < 1.29 is 43.2 Å². The van der Waals surface area contributed by atoms with Crippen LogP contribution in [0.4, 0.5) is 5.13 Å². The molecular weight excluding hydrogens is 598 g/mol. The molecule has 18 heteroatoms. The van der Waals surface area contributed by atoms with Crippen LogP contribution in [0.25, 0.3) is 11.1 Å². The van der Waals surface area contributed by atoms with Gasteiger partial charge in [0.2, 0.25) is 6.10 Å². The zero-order valence-corrected chi connectivity index (χ0v) is 23.8. The number of β-lactam (4-membered cyclic amide) rings is 1. The van der Waals surface area contributed by atoms with Crippen LogP contribution in [0.15, 0.2) is 49.9 Å². The predicted octanol–water partition coefficient (Wildman–Crippen LogP) is 0.416. The van der Waals surface area contributed by atoms with E-state index in [-0.39, 0.29) is 33.7 Å². The highest BCUT2D eigenvalue weighted by atomic mass is 32.2. The lowest BCUT2D eigenvalue weighted by Crippen LogP contribution is -2.71. The van der Waals surface area contributed by atoms with Crippen LogP contribution < -0.4 is 15.6 Å². The minimum atomic E-state index is -1.36. The van der Waals surface area contributed by atoms with Crippen molar-refractivity contribution in [3.8, 4) is 0 Å². The highest BCUT2D eigenvalue weighted by molar-refractivity contribution is 8.01. The minimum Gasteiger partial charge on any atom is -0.478 e. The molecule has 0 aromatic carbocycles. The van der Waals surface area contributed by atoms with E-state index < -0.39 is 41.3 Å². The first-order chi connectivity index (χ1) is 19.5. The first-order valence-corrected chi connectivity index (χ1v) is 14.7. The van der Waals surface area contributed by atoms with Crippen molar-refractivity contribution in [1.29, 1.82) is 0 Å². The van der Waals surface area contributed by atoms with Gasteiger partial charge in [-0.3, -0.25) is 14.5 Å². The molecule has 0 bridgehead atoms. The van der Waals surface area contributed by atoms with E-state index in [2.05, 4.69) is 20.4 Å². The normalized spacial score (nSPS) is 19.5. The van der Waals surface area contributed by atoms with E-state index in [1.165, 1.54) is 35.8 Å². The number of oxazole rings is 1. The molecule has 0 spiro atoms. The van der Waals surface area contributed by atoms with Gasteiger partial charge in [0.1, 0.15) is 29.9 Å². The van der Waals surface area contributed by atoms with Crippen molar-refractivity contribution in [1.82, 2.24) is 20.2 Å². The van der Waals surface area contributed by atoms with Crippen LogP contribution in [0.2, 0.25) is 0 Å². The van der Waals surface area contributed by atoms with Crippen molar-refractivity contribution in [2.75, 3.05) is 17.2 Å². The second-order valence-electron chi connectivity index (χ2n) is 8.84. The number of thiazole rings is 1. The molecule has 3 aromatic heterocycles. The minimum absolute atomic E-state index is 0.0286. The third-order valence-corrected chi connectivity index (χ3v) is 8.91. The summed E-state index contributed by atoms with van der Waals surface area (Å²) in [4.78, 5) is 64.0. The maximum atomic E-state index is 13.1. The number of aryl methyl sites for hydroxylation is 1. The molecule has 2 aliphatic heterocycles. The number of thioether (sulfide) groups is 2. The third-order valence-electron chi connectivity index (χ3n) is 5.98. The number of carboxylic acids is 2. The smallest absolute Gasteiger partial charge is 0.352 e. The number of fused-ring (bicyclic) bond motifs is 2. The number of rotatable bonds is 10. The Bertz CT molecular complexity index is 1630. The Morgan fingerprint density at radius 1 is 1.39 bits per heavy atom.